The summed E-state index contributed by atoms with van der Waals surface area (Å²) in [6.07, 6.45) is 5.05. The first-order valence-corrected chi connectivity index (χ1v) is 5.62. The minimum atomic E-state index is 0.212. The third-order valence-electron chi connectivity index (χ3n) is 2.95. The van der Waals surface area contributed by atoms with Crippen LogP contribution < -0.4 is 5.73 Å². The Morgan fingerprint density at radius 1 is 1.53 bits per heavy atom. The standard InChI is InChI=1S/C11H18N4/c1-2-11-14-8(7-10(12)13)9-5-3-4-6-15(9)11/h2-7H2,1H3,(H3,12,13). The van der Waals surface area contributed by atoms with E-state index in [4.69, 9.17) is 11.1 Å². The van der Waals surface area contributed by atoms with Crippen molar-refractivity contribution < 1.29 is 0 Å². The van der Waals surface area contributed by atoms with Gasteiger partial charge < -0.3 is 10.3 Å². The molecule has 1 aliphatic heterocycles. The molecule has 1 aromatic rings. The molecule has 0 aromatic carbocycles. The van der Waals surface area contributed by atoms with Crippen LogP contribution in [0.5, 0.6) is 0 Å². The van der Waals surface area contributed by atoms with Crippen LogP contribution in [0.3, 0.4) is 0 Å². The number of aryl methyl sites for hydroxylation is 1. The van der Waals surface area contributed by atoms with E-state index < -0.39 is 0 Å². The first-order valence-electron chi connectivity index (χ1n) is 5.62. The number of fused-ring (bicyclic) bond motifs is 1. The summed E-state index contributed by atoms with van der Waals surface area (Å²) >= 11 is 0. The quantitative estimate of drug-likeness (QED) is 0.577. The van der Waals surface area contributed by atoms with Crippen LogP contribution in [0.1, 0.15) is 37.0 Å². The van der Waals surface area contributed by atoms with Crippen LogP contribution >= 0.6 is 0 Å². The molecule has 0 saturated heterocycles. The van der Waals surface area contributed by atoms with Crippen LogP contribution in [-0.2, 0) is 25.8 Å². The van der Waals surface area contributed by atoms with Crippen LogP contribution in [0.25, 0.3) is 0 Å². The molecule has 0 atom stereocenters. The Hall–Kier alpha value is -1.32. The zero-order valence-electron chi connectivity index (χ0n) is 9.21. The molecule has 0 spiro atoms. The van der Waals surface area contributed by atoms with Crippen molar-refractivity contribution >= 4 is 5.84 Å². The van der Waals surface area contributed by atoms with Crippen LogP contribution in [0.2, 0.25) is 0 Å². The molecule has 15 heavy (non-hydrogen) atoms. The van der Waals surface area contributed by atoms with Crippen molar-refractivity contribution in [2.24, 2.45) is 5.73 Å². The summed E-state index contributed by atoms with van der Waals surface area (Å²) in [6, 6.07) is 0. The highest BCUT2D eigenvalue weighted by Crippen LogP contribution is 2.21. The summed E-state index contributed by atoms with van der Waals surface area (Å²) in [4.78, 5) is 4.59. The lowest BCUT2D eigenvalue weighted by atomic mass is 10.1. The molecule has 4 nitrogen and oxygen atoms in total. The van der Waals surface area contributed by atoms with Gasteiger partial charge in [0.25, 0.3) is 0 Å². The van der Waals surface area contributed by atoms with Crippen LogP contribution in [0.4, 0.5) is 0 Å². The molecule has 1 aromatic heterocycles. The number of imidazole rings is 1. The summed E-state index contributed by atoms with van der Waals surface area (Å²) < 4.78 is 2.32. The molecule has 0 unspecified atom stereocenters. The number of rotatable bonds is 3. The van der Waals surface area contributed by atoms with Crippen molar-refractivity contribution in [1.82, 2.24) is 9.55 Å². The van der Waals surface area contributed by atoms with Gasteiger partial charge in [0.05, 0.1) is 11.5 Å². The number of aromatic nitrogens is 2. The van der Waals surface area contributed by atoms with Crippen molar-refractivity contribution in [3.05, 3.63) is 17.2 Å². The molecule has 82 valence electrons. The average molecular weight is 206 g/mol. The fourth-order valence-corrected chi connectivity index (χ4v) is 2.29. The van der Waals surface area contributed by atoms with Gasteiger partial charge in [0.2, 0.25) is 0 Å². The highest BCUT2D eigenvalue weighted by Gasteiger charge is 2.18. The molecule has 0 aliphatic carbocycles. The third kappa shape index (κ3) is 1.89. The van der Waals surface area contributed by atoms with E-state index in [2.05, 4.69) is 16.5 Å². The minimum Gasteiger partial charge on any atom is -0.387 e. The molecule has 0 radical (unpaired) electrons. The maximum Gasteiger partial charge on any atom is 0.108 e. The summed E-state index contributed by atoms with van der Waals surface area (Å²) in [5.41, 5.74) is 7.78. The Bertz CT molecular complexity index is 378. The highest BCUT2D eigenvalue weighted by molar-refractivity contribution is 5.79. The van der Waals surface area contributed by atoms with Crippen molar-refractivity contribution in [2.45, 2.75) is 45.6 Å². The molecular formula is C11H18N4. The molecule has 4 heteroatoms. The van der Waals surface area contributed by atoms with E-state index in [0.717, 1.165) is 30.9 Å². The predicted octanol–water partition coefficient (Wildman–Crippen LogP) is 1.26. The Morgan fingerprint density at radius 2 is 2.33 bits per heavy atom. The summed E-state index contributed by atoms with van der Waals surface area (Å²) in [5.74, 6) is 1.37. The number of nitrogens with zero attached hydrogens (tertiary/aromatic N) is 2. The van der Waals surface area contributed by atoms with E-state index in [1.165, 1.54) is 18.5 Å². The average Bonchev–Trinajstić information content (AvgIpc) is 2.56. The second-order valence-corrected chi connectivity index (χ2v) is 4.09. The molecule has 2 rings (SSSR count). The molecule has 2 heterocycles. The van der Waals surface area contributed by atoms with Gasteiger partial charge in [0, 0.05) is 25.1 Å². The van der Waals surface area contributed by atoms with Gasteiger partial charge in [-0.05, 0) is 19.3 Å². The SMILES string of the molecule is CCc1nc(CC(=N)N)c2n1CCCC2. The first kappa shape index (κ1) is 10.2. The predicted molar refractivity (Wildman–Crippen MR) is 60.2 cm³/mol. The Morgan fingerprint density at radius 3 is 3.00 bits per heavy atom. The molecule has 3 N–H and O–H groups in total. The van der Waals surface area contributed by atoms with Gasteiger partial charge in [-0.3, -0.25) is 5.41 Å². The molecule has 0 fully saturated rings. The highest BCUT2D eigenvalue weighted by atomic mass is 15.1. The lowest BCUT2D eigenvalue weighted by Crippen LogP contribution is -2.16. The monoisotopic (exact) mass is 206 g/mol. The van der Waals surface area contributed by atoms with Gasteiger partial charge in [0.1, 0.15) is 5.82 Å². The van der Waals surface area contributed by atoms with E-state index in [1.54, 1.807) is 0 Å². The van der Waals surface area contributed by atoms with E-state index in [-0.39, 0.29) is 5.84 Å². The Kier molecular flexibility index (Phi) is 2.75. The van der Waals surface area contributed by atoms with Crippen LogP contribution in [-0.4, -0.2) is 15.4 Å². The van der Waals surface area contributed by atoms with E-state index in [1.807, 2.05) is 0 Å². The maximum absolute atomic E-state index is 7.34. The zero-order chi connectivity index (χ0) is 10.8. The maximum atomic E-state index is 7.34. The number of amidine groups is 1. The molecule has 0 amide bonds. The van der Waals surface area contributed by atoms with Gasteiger partial charge in [-0.1, -0.05) is 6.92 Å². The van der Waals surface area contributed by atoms with Gasteiger partial charge >= 0.3 is 0 Å². The number of hydrogen-bond donors (Lipinski definition) is 2. The third-order valence-corrected chi connectivity index (χ3v) is 2.95. The summed E-state index contributed by atoms with van der Waals surface area (Å²) in [5, 5.41) is 7.34. The van der Waals surface area contributed by atoms with Gasteiger partial charge in [-0.15, -0.1) is 0 Å². The smallest absolute Gasteiger partial charge is 0.108 e. The van der Waals surface area contributed by atoms with Gasteiger partial charge in [-0.2, -0.15) is 0 Å². The fourth-order valence-electron chi connectivity index (χ4n) is 2.29. The lowest BCUT2D eigenvalue weighted by molar-refractivity contribution is 0.514. The van der Waals surface area contributed by atoms with Crippen molar-refractivity contribution in [1.29, 1.82) is 5.41 Å². The number of hydrogen-bond acceptors (Lipinski definition) is 2. The number of nitrogens with one attached hydrogen (secondary N) is 1. The largest absolute Gasteiger partial charge is 0.387 e. The molecule has 0 saturated carbocycles. The van der Waals surface area contributed by atoms with E-state index in [9.17, 15) is 0 Å². The van der Waals surface area contributed by atoms with E-state index in [0.29, 0.717) is 6.42 Å². The lowest BCUT2D eigenvalue weighted by Gasteiger charge is -2.16. The fraction of sp³-hybridized carbons (Fsp3) is 0.636. The number of nitrogens with two attached hydrogens (primary N) is 1. The minimum absolute atomic E-state index is 0.212. The molecular weight excluding hydrogens is 188 g/mol. The van der Waals surface area contributed by atoms with Crippen LogP contribution in [0.15, 0.2) is 0 Å². The van der Waals surface area contributed by atoms with Gasteiger partial charge in [-0.25, -0.2) is 4.98 Å². The zero-order valence-corrected chi connectivity index (χ0v) is 9.21. The van der Waals surface area contributed by atoms with E-state index >= 15 is 0 Å². The normalized spacial score (nSPS) is 15.0. The first-order chi connectivity index (χ1) is 7.22. The molecule has 0 bridgehead atoms. The van der Waals surface area contributed by atoms with Gasteiger partial charge in [0.15, 0.2) is 0 Å². The summed E-state index contributed by atoms with van der Waals surface area (Å²) in [6.45, 7) is 3.21. The summed E-state index contributed by atoms with van der Waals surface area (Å²) in [7, 11) is 0. The second kappa shape index (κ2) is 4.04. The Balaban J connectivity index is 2.37. The Labute approximate surface area is 90.0 Å². The van der Waals surface area contributed by atoms with Crippen LogP contribution in [0, 0.1) is 5.41 Å². The van der Waals surface area contributed by atoms with Crippen molar-refractivity contribution in [2.75, 3.05) is 0 Å². The molecule has 1 aliphatic rings. The van der Waals surface area contributed by atoms with Crippen molar-refractivity contribution in [3.8, 4) is 0 Å². The topological polar surface area (TPSA) is 67.7 Å². The van der Waals surface area contributed by atoms with Crippen molar-refractivity contribution in [3.63, 3.8) is 0 Å². The second-order valence-electron chi connectivity index (χ2n) is 4.09.